The standard InChI is InChI=1S/C20H16N2O3S/c1-11(2)12-7-8-15-17(9-12)26-20(21-15)22-19(24)14-10-25-16-6-4-3-5-13(16)18(14)23/h3-11H,1-2H3,(H,21,22,24). The van der Waals surface area contributed by atoms with Crippen LogP contribution in [0.15, 0.2) is 57.9 Å². The number of anilines is 1. The van der Waals surface area contributed by atoms with Crippen molar-refractivity contribution in [3.8, 4) is 0 Å². The Morgan fingerprint density at radius 2 is 2.00 bits per heavy atom. The summed E-state index contributed by atoms with van der Waals surface area (Å²) in [5, 5.41) is 3.55. The van der Waals surface area contributed by atoms with Crippen molar-refractivity contribution in [3.63, 3.8) is 0 Å². The monoisotopic (exact) mass is 364 g/mol. The van der Waals surface area contributed by atoms with E-state index in [1.54, 1.807) is 24.3 Å². The van der Waals surface area contributed by atoms with Crippen LogP contribution < -0.4 is 10.7 Å². The minimum atomic E-state index is -0.521. The highest BCUT2D eigenvalue weighted by Crippen LogP contribution is 2.29. The predicted octanol–water partition coefficient (Wildman–Crippen LogP) is 4.78. The van der Waals surface area contributed by atoms with Gasteiger partial charge in [0.15, 0.2) is 5.13 Å². The van der Waals surface area contributed by atoms with E-state index in [2.05, 4.69) is 30.2 Å². The highest BCUT2D eigenvalue weighted by Gasteiger charge is 2.16. The molecule has 1 N–H and O–H groups in total. The van der Waals surface area contributed by atoms with Crippen molar-refractivity contribution < 1.29 is 9.21 Å². The van der Waals surface area contributed by atoms with Crippen LogP contribution in [-0.2, 0) is 0 Å². The van der Waals surface area contributed by atoms with Crippen molar-refractivity contribution in [3.05, 3.63) is 70.1 Å². The quantitative estimate of drug-likeness (QED) is 0.568. The molecule has 4 rings (SSSR count). The van der Waals surface area contributed by atoms with E-state index in [1.807, 2.05) is 12.1 Å². The topological polar surface area (TPSA) is 72.2 Å². The van der Waals surface area contributed by atoms with Crippen LogP contribution in [-0.4, -0.2) is 10.9 Å². The molecule has 6 heteroatoms. The number of hydrogen-bond acceptors (Lipinski definition) is 5. The van der Waals surface area contributed by atoms with Gasteiger partial charge in [-0.25, -0.2) is 4.98 Å². The molecule has 0 radical (unpaired) electrons. The maximum atomic E-state index is 12.5. The van der Waals surface area contributed by atoms with Crippen molar-refractivity contribution in [2.24, 2.45) is 0 Å². The molecule has 0 bridgehead atoms. The first kappa shape index (κ1) is 16.5. The summed E-state index contributed by atoms with van der Waals surface area (Å²) >= 11 is 1.39. The number of carbonyl (C=O) groups excluding carboxylic acids is 1. The molecule has 26 heavy (non-hydrogen) atoms. The zero-order chi connectivity index (χ0) is 18.3. The third-order valence-electron chi connectivity index (χ3n) is 4.22. The van der Waals surface area contributed by atoms with Gasteiger partial charge in [-0.1, -0.05) is 43.4 Å². The molecular formula is C20H16N2O3S. The lowest BCUT2D eigenvalue weighted by atomic mass is 10.0. The first-order valence-corrected chi connectivity index (χ1v) is 9.07. The smallest absolute Gasteiger partial charge is 0.264 e. The number of hydrogen-bond donors (Lipinski definition) is 1. The Labute approximate surface area is 153 Å². The van der Waals surface area contributed by atoms with Gasteiger partial charge in [0.05, 0.1) is 15.6 Å². The number of carbonyl (C=O) groups is 1. The molecule has 0 saturated heterocycles. The first-order chi connectivity index (χ1) is 12.5. The zero-order valence-electron chi connectivity index (χ0n) is 14.3. The number of fused-ring (bicyclic) bond motifs is 2. The number of aromatic nitrogens is 1. The molecule has 2 heterocycles. The lowest BCUT2D eigenvalue weighted by molar-refractivity contribution is 0.102. The molecule has 2 aromatic heterocycles. The van der Waals surface area contributed by atoms with E-state index < -0.39 is 5.91 Å². The minimum absolute atomic E-state index is 0.0363. The maximum Gasteiger partial charge on any atom is 0.264 e. The summed E-state index contributed by atoms with van der Waals surface area (Å²) < 4.78 is 6.40. The Bertz CT molecular complexity index is 1190. The first-order valence-electron chi connectivity index (χ1n) is 8.25. The average Bonchev–Trinajstić information content (AvgIpc) is 3.03. The summed E-state index contributed by atoms with van der Waals surface area (Å²) in [5.74, 6) is -0.102. The molecule has 0 spiro atoms. The van der Waals surface area contributed by atoms with Crippen LogP contribution in [0.2, 0.25) is 0 Å². The lowest BCUT2D eigenvalue weighted by Crippen LogP contribution is -2.21. The molecular weight excluding hydrogens is 348 g/mol. The fourth-order valence-corrected chi connectivity index (χ4v) is 3.66. The van der Waals surface area contributed by atoms with Gasteiger partial charge in [-0.3, -0.25) is 14.9 Å². The van der Waals surface area contributed by atoms with E-state index >= 15 is 0 Å². The van der Waals surface area contributed by atoms with E-state index in [1.165, 1.54) is 23.2 Å². The molecule has 0 saturated carbocycles. The van der Waals surface area contributed by atoms with Crippen molar-refractivity contribution in [2.75, 3.05) is 5.32 Å². The van der Waals surface area contributed by atoms with Crippen LogP contribution in [0.5, 0.6) is 0 Å². The van der Waals surface area contributed by atoms with Crippen molar-refractivity contribution in [1.29, 1.82) is 0 Å². The summed E-state index contributed by atoms with van der Waals surface area (Å²) in [5.41, 5.74) is 2.10. The fourth-order valence-electron chi connectivity index (χ4n) is 2.75. The maximum absolute atomic E-state index is 12.5. The van der Waals surface area contributed by atoms with Gasteiger partial charge in [0.25, 0.3) is 5.91 Å². The molecule has 5 nitrogen and oxygen atoms in total. The molecule has 4 aromatic rings. The predicted molar refractivity (Wildman–Crippen MR) is 104 cm³/mol. The molecule has 0 fully saturated rings. The summed E-state index contributed by atoms with van der Waals surface area (Å²) in [6.07, 6.45) is 1.20. The summed E-state index contributed by atoms with van der Waals surface area (Å²) in [6, 6.07) is 12.9. The van der Waals surface area contributed by atoms with Gasteiger partial charge in [-0.05, 0) is 35.7 Å². The normalized spacial score (nSPS) is 11.3. The Hall–Kier alpha value is -2.99. The largest absolute Gasteiger partial charge is 0.463 e. The molecule has 130 valence electrons. The van der Waals surface area contributed by atoms with Gasteiger partial charge in [0.1, 0.15) is 17.4 Å². The molecule has 0 unspecified atom stereocenters. The second-order valence-corrected chi connectivity index (χ2v) is 7.36. The van der Waals surface area contributed by atoms with Gasteiger partial charge >= 0.3 is 0 Å². The highest BCUT2D eigenvalue weighted by molar-refractivity contribution is 7.22. The molecule has 0 aliphatic heterocycles. The number of para-hydroxylation sites is 1. The van der Waals surface area contributed by atoms with E-state index in [0.29, 0.717) is 22.0 Å². The fraction of sp³-hybridized carbons (Fsp3) is 0.150. The van der Waals surface area contributed by atoms with Crippen LogP contribution in [0.3, 0.4) is 0 Å². The van der Waals surface area contributed by atoms with E-state index in [0.717, 1.165) is 10.2 Å². The number of thiazole rings is 1. The van der Waals surface area contributed by atoms with Crippen molar-refractivity contribution >= 4 is 43.6 Å². The van der Waals surface area contributed by atoms with Crippen molar-refractivity contribution in [1.82, 2.24) is 4.98 Å². The average molecular weight is 364 g/mol. The summed E-state index contributed by atoms with van der Waals surface area (Å²) in [6.45, 7) is 4.26. The Balaban J connectivity index is 1.67. The van der Waals surface area contributed by atoms with Gasteiger partial charge < -0.3 is 4.42 Å². The Morgan fingerprint density at radius 3 is 2.81 bits per heavy atom. The summed E-state index contributed by atoms with van der Waals surface area (Å²) in [7, 11) is 0. The SMILES string of the molecule is CC(C)c1ccc2nc(NC(=O)c3coc4ccccc4c3=O)sc2c1. The third-order valence-corrected chi connectivity index (χ3v) is 5.16. The second-order valence-electron chi connectivity index (χ2n) is 6.33. The van der Waals surface area contributed by atoms with Gasteiger partial charge in [0.2, 0.25) is 5.43 Å². The second kappa shape index (κ2) is 6.38. The van der Waals surface area contributed by atoms with Crippen LogP contribution in [0, 0.1) is 0 Å². The number of nitrogens with zero attached hydrogens (tertiary/aromatic N) is 1. The third kappa shape index (κ3) is 2.88. The Morgan fingerprint density at radius 1 is 1.19 bits per heavy atom. The van der Waals surface area contributed by atoms with Gasteiger partial charge in [-0.2, -0.15) is 0 Å². The Kier molecular flexibility index (Phi) is 4.05. The number of nitrogens with one attached hydrogen (secondary N) is 1. The van der Waals surface area contributed by atoms with Crippen LogP contribution in [0.4, 0.5) is 5.13 Å². The van der Waals surface area contributed by atoms with E-state index in [9.17, 15) is 9.59 Å². The summed E-state index contributed by atoms with van der Waals surface area (Å²) in [4.78, 5) is 29.5. The zero-order valence-corrected chi connectivity index (χ0v) is 15.1. The van der Waals surface area contributed by atoms with Crippen LogP contribution >= 0.6 is 11.3 Å². The van der Waals surface area contributed by atoms with Crippen LogP contribution in [0.25, 0.3) is 21.2 Å². The van der Waals surface area contributed by atoms with Gasteiger partial charge in [0, 0.05) is 0 Å². The number of benzene rings is 2. The number of amides is 1. The molecule has 0 aliphatic rings. The van der Waals surface area contributed by atoms with Crippen molar-refractivity contribution in [2.45, 2.75) is 19.8 Å². The molecule has 0 atom stereocenters. The number of rotatable bonds is 3. The van der Waals surface area contributed by atoms with E-state index in [-0.39, 0.29) is 11.0 Å². The van der Waals surface area contributed by atoms with E-state index in [4.69, 9.17) is 4.42 Å². The highest BCUT2D eigenvalue weighted by atomic mass is 32.1. The molecule has 1 amide bonds. The minimum Gasteiger partial charge on any atom is -0.463 e. The van der Waals surface area contributed by atoms with Crippen LogP contribution in [0.1, 0.15) is 35.7 Å². The molecule has 0 aliphatic carbocycles. The molecule has 2 aromatic carbocycles. The van der Waals surface area contributed by atoms with Gasteiger partial charge in [-0.15, -0.1) is 0 Å². The lowest BCUT2D eigenvalue weighted by Gasteiger charge is -2.03.